The van der Waals surface area contributed by atoms with Gasteiger partial charge in [-0.15, -0.1) is 0 Å². The number of carboxylic acids is 1. The molecule has 0 aliphatic carbocycles. The minimum absolute atomic E-state index is 0.185. The highest BCUT2D eigenvalue weighted by molar-refractivity contribution is 5.85. The number of aryl methyl sites for hydroxylation is 2. The van der Waals surface area contributed by atoms with E-state index in [1.54, 1.807) is 0 Å². The lowest BCUT2D eigenvalue weighted by molar-refractivity contribution is -0.151. The van der Waals surface area contributed by atoms with Crippen LogP contribution in [0.4, 0.5) is 0 Å². The summed E-state index contributed by atoms with van der Waals surface area (Å²) in [7, 11) is 0. The van der Waals surface area contributed by atoms with Crippen molar-refractivity contribution in [1.82, 2.24) is 14.5 Å². The normalized spacial score (nSPS) is 15.6. The minimum atomic E-state index is -0.976. The number of amides is 1. The van der Waals surface area contributed by atoms with Crippen LogP contribution in [0.5, 0.6) is 0 Å². The summed E-state index contributed by atoms with van der Waals surface area (Å²) in [5, 5.41) is 9.83. The number of imidazole rings is 1. The van der Waals surface area contributed by atoms with Crippen molar-refractivity contribution in [3.8, 4) is 0 Å². The zero-order valence-electron chi connectivity index (χ0n) is 17.0. The van der Waals surface area contributed by atoms with Gasteiger partial charge in [0.15, 0.2) is 0 Å². The van der Waals surface area contributed by atoms with Crippen LogP contribution in [0, 0.1) is 6.92 Å². The van der Waals surface area contributed by atoms with Gasteiger partial charge in [0.1, 0.15) is 11.9 Å². The van der Waals surface area contributed by atoms with Crippen LogP contribution in [0.1, 0.15) is 28.3 Å². The zero-order chi connectivity index (χ0) is 21.1. The van der Waals surface area contributed by atoms with Gasteiger partial charge in [-0.05, 0) is 24.5 Å². The molecule has 2 heterocycles. The van der Waals surface area contributed by atoms with Crippen molar-refractivity contribution in [2.45, 2.75) is 45.3 Å². The van der Waals surface area contributed by atoms with E-state index in [9.17, 15) is 14.7 Å². The average Bonchev–Trinajstić information content (AvgIpc) is 3.06. The van der Waals surface area contributed by atoms with Gasteiger partial charge in [-0.3, -0.25) is 4.79 Å². The summed E-state index contributed by atoms with van der Waals surface area (Å²) in [6.07, 6.45) is 1.31. The lowest BCUT2D eigenvalue weighted by atomic mass is 10.0. The maximum atomic E-state index is 12.9. The average molecular weight is 403 g/mol. The van der Waals surface area contributed by atoms with Crippen molar-refractivity contribution >= 4 is 11.9 Å². The molecule has 2 aromatic carbocycles. The molecule has 1 aliphatic rings. The largest absolute Gasteiger partial charge is 0.480 e. The second-order valence-electron chi connectivity index (χ2n) is 7.68. The molecule has 1 aromatic heterocycles. The molecule has 1 atom stereocenters. The predicted molar refractivity (Wildman–Crippen MR) is 113 cm³/mol. The van der Waals surface area contributed by atoms with Crippen LogP contribution in [0.25, 0.3) is 0 Å². The fraction of sp³-hybridized carbons (Fsp3) is 0.292. The van der Waals surface area contributed by atoms with E-state index < -0.39 is 12.0 Å². The Balaban J connectivity index is 1.56. The number of carbonyl (C=O) groups is 2. The highest BCUT2D eigenvalue weighted by Crippen LogP contribution is 2.26. The first-order chi connectivity index (χ1) is 14.5. The molecule has 0 saturated carbocycles. The van der Waals surface area contributed by atoms with Crippen LogP contribution in [0.15, 0.2) is 60.7 Å². The molecule has 0 saturated heterocycles. The van der Waals surface area contributed by atoms with Crippen molar-refractivity contribution in [2.75, 3.05) is 0 Å². The van der Waals surface area contributed by atoms with Crippen LogP contribution in [-0.2, 0) is 41.9 Å². The molecule has 6 nitrogen and oxygen atoms in total. The first-order valence-electron chi connectivity index (χ1n) is 10.2. The third-order valence-corrected chi connectivity index (χ3v) is 5.70. The van der Waals surface area contributed by atoms with Crippen molar-refractivity contribution in [2.24, 2.45) is 0 Å². The molecule has 0 fully saturated rings. The van der Waals surface area contributed by atoms with Gasteiger partial charge in [0, 0.05) is 18.7 Å². The van der Waals surface area contributed by atoms with Gasteiger partial charge < -0.3 is 14.6 Å². The van der Waals surface area contributed by atoms with E-state index in [0.29, 0.717) is 0 Å². The lowest BCUT2D eigenvalue weighted by Crippen LogP contribution is -2.49. The molecule has 1 aliphatic heterocycles. The van der Waals surface area contributed by atoms with E-state index in [4.69, 9.17) is 0 Å². The van der Waals surface area contributed by atoms with Crippen LogP contribution in [-0.4, -0.2) is 37.5 Å². The molecule has 1 unspecified atom stereocenters. The molecule has 1 N–H and O–H groups in total. The van der Waals surface area contributed by atoms with E-state index in [1.807, 2.05) is 55.5 Å². The quantitative estimate of drug-likeness (QED) is 0.687. The standard InChI is InChI=1S/C24H25N3O3/c1-17-25-20-16-27(23(28)14-19-10-6-3-7-11-19)22(24(29)30)15-21(20)26(17)13-12-18-8-4-2-5-9-18/h2-11,22H,12-16H2,1H3,(H,29,30). The molecule has 0 radical (unpaired) electrons. The monoisotopic (exact) mass is 403 g/mol. The minimum Gasteiger partial charge on any atom is -0.480 e. The summed E-state index contributed by atoms with van der Waals surface area (Å²) in [5.74, 6) is -0.302. The van der Waals surface area contributed by atoms with Crippen LogP contribution < -0.4 is 0 Å². The highest BCUT2D eigenvalue weighted by atomic mass is 16.4. The highest BCUT2D eigenvalue weighted by Gasteiger charge is 2.37. The number of nitrogens with zero attached hydrogens (tertiary/aromatic N) is 3. The fourth-order valence-electron chi connectivity index (χ4n) is 4.13. The Labute approximate surface area is 175 Å². The lowest BCUT2D eigenvalue weighted by Gasteiger charge is -2.33. The van der Waals surface area contributed by atoms with Crippen LogP contribution >= 0.6 is 0 Å². The smallest absolute Gasteiger partial charge is 0.326 e. The summed E-state index contributed by atoms with van der Waals surface area (Å²) in [6.45, 7) is 2.91. The molecular formula is C24H25N3O3. The molecular weight excluding hydrogens is 378 g/mol. The third-order valence-electron chi connectivity index (χ3n) is 5.70. The molecule has 6 heteroatoms. The van der Waals surface area contributed by atoms with E-state index in [2.05, 4.69) is 21.7 Å². The molecule has 0 spiro atoms. The summed E-state index contributed by atoms with van der Waals surface area (Å²) >= 11 is 0. The van der Waals surface area contributed by atoms with Gasteiger partial charge in [-0.25, -0.2) is 9.78 Å². The van der Waals surface area contributed by atoms with Crippen molar-refractivity contribution < 1.29 is 14.7 Å². The Bertz CT molecular complexity index is 1040. The van der Waals surface area contributed by atoms with Gasteiger partial charge in [0.05, 0.1) is 18.7 Å². The van der Waals surface area contributed by atoms with Crippen LogP contribution in [0.2, 0.25) is 0 Å². The van der Waals surface area contributed by atoms with Crippen molar-refractivity contribution in [3.05, 3.63) is 89.0 Å². The van der Waals surface area contributed by atoms with Gasteiger partial charge in [0.2, 0.25) is 5.91 Å². The number of rotatable bonds is 6. The molecule has 4 rings (SSSR count). The van der Waals surface area contributed by atoms with Gasteiger partial charge in [0.25, 0.3) is 0 Å². The second kappa shape index (κ2) is 8.53. The zero-order valence-corrected chi connectivity index (χ0v) is 17.0. The van der Waals surface area contributed by atoms with E-state index in [-0.39, 0.29) is 25.3 Å². The van der Waals surface area contributed by atoms with Crippen LogP contribution in [0.3, 0.4) is 0 Å². The number of hydrogen-bond donors (Lipinski definition) is 1. The number of benzene rings is 2. The number of fused-ring (bicyclic) bond motifs is 1. The van der Waals surface area contributed by atoms with Crippen molar-refractivity contribution in [3.63, 3.8) is 0 Å². The Morgan fingerprint density at radius 1 is 1.03 bits per heavy atom. The van der Waals surface area contributed by atoms with E-state index in [0.717, 1.165) is 35.7 Å². The number of aromatic nitrogens is 2. The van der Waals surface area contributed by atoms with Gasteiger partial charge >= 0.3 is 5.97 Å². The Hall–Kier alpha value is -3.41. The number of aliphatic carboxylic acids is 1. The maximum Gasteiger partial charge on any atom is 0.326 e. The van der Waals surface area contributed by atoms with Gasteiger partial charge in [-0.2, -0.15) is 0 Å². The van der Waals surface area contributed by atoms with E-state index in [1.165, 1.54) is 10.5 Å². The summed E-state index contributed by atoms with van der Waals surface area (Å²) in [4.78, 5) is 31.1. The predicted octanol–water partition coefficient (Wildman–Crippen LogP) is 3.01. The number of hydrogen-bond acceptors (Lipinski definition) is 3. The Kier molecular flexibility index (Phi) is 5.65. The molecule has 3 aromatic rings. The third kappa shape index (κ3) is 4.13. The number of carboxylic acid groups (broad SMARTS) is 1. The summed E-state index contributed by atoms with van der Waals surface area (Å²) in [5.41, 5.74) is 3.84. The first kappa shape index (κ1) is 19.9. The molecule has 30 heavy (non-hydrogen) atoms. The topological polar surface area (TPSA) is 75.4 Å². The Morgan fingerprint density at radius 3 is 2.30 bits per heavy atom. The SMILES string of the molecule is Cc1nc2c(n1CCc1ccccc1)CC(C(=O)O)N(C(=O)Cc1ccccc1)C2. The molecule has 0 bridgehead atoms. The molecule has 1 amide bonds. The van der Waals surface area contributed by atoms with E-state index >= 15 is 0 Å². The van der Waals surface area contributed by atoms with Crippen molar-refractivity contribution in [1.29, 1.82) is 0 Å². The number of carbonyl (C=O) groups excluding carboxylic acids is 1. The fourth-order valence-corrected chi connectivity index (χ4v) is 4.13. The maximum absolute atomic E-state index is 12.9. The Morgan fingerprint density at radius 2 is 1.67 bits per heavy atom. The second-order valence-corrected chi connectivity index (χ2v) is 7.68. The summed E-state index contributed by atoms with van der Waals surface area (Å²) in [6, 6.07) is 18.7. The summed E-state index contributed by atoms with van der Waals surface area (Å²) < 4.78 is 2.11. The van der Waals surface area contributed by atoms with Gasteiger partial charge in [-0.1, -0.05) is 60.7 Å². The molecule has 154 valence electrons. The first-order valence-corrected chi connectivity index (χ1v) is 10.2.